The van der Waals surface area contributed by atoms with Gasteiger partial charge in [-0.3, -0.25) is 4.79 Å². The van der Waals surface area contributed by atoms with Crippen molar-refractivity contribution in [2.45, 2.75) is 59.7 Å². The van der Waals surface area contributed by atoms with Gasteiger partial charge in [-0.2, -0.15) is 0 Å². The van der Waals surface area contributed by atoms with E-state index in [4.69, 9.17) is 14.2 Å². The van der Waals surface area contributed by atoms with Gasteiger partial charge in [0.2, 0.25) is 0 Å². The van der Waals surface area contributed by atoms with Gasteiger partial charge in [0.25, 0.3) is 0 Å². The molecule has 2 amide bonds. The van der Waals surface area contributed by atoms with E-state index in [-0.39, 0.29) is 25.1 Å². The number of carbonyl (C=O) groups is 3. The van der Waals surface area contributed by atoms with Gasteiger partial charge in [-0.15, -0.1) is 0 Å². The van der Waals surface area contributed by atoms with Gasteiger partial charge in [0.05, 0.1) is 24.5 Å². The lowest BCUT2D eigenvalue weighted by Crippen LogP contribution is -2.26. The summed E-state index contributed by atoms with van der Waals surface area (Å²) in [6, 6.07) is -0.443. The topological polar surface area (TPSA) is 103 Å². The summed E-state index contributed by atoms with van der Waals surface area (Å²) in [4.78, 5) is 36.2. The molecule has 0 spiro atoms. The number of urea groups is 1. The van der Waals surface area contributed by atoms with E-state index in [1.807, 2.05) is 33.8 Å². The fourth-order valence-corrected chi connectivity index (χ4v) is 3.37. The Morgan fingerprint density at radius 3 is 2.57 bits per heavy atom. The van der Waals surface area contributed by atoms with Crippen LogP contribution in [0.25, 0.3) is 0 Å². The van der Waals surface area contributed by atoms with E-state index in [0.29, 0.717) is 41.0 Å². The molecule has 0 atom stereocenters. The Morgan fingerprint density at radius 2 is 1.97 bits per heavy atom. The summed E-state index contributed by atoms with van der Waals surface area (Å²) in [5.74, 6) is -0.115. The SMILES string of the molecule is CNC(=O)Nc1c(C/C=C(\C)CCC(=O)OC(C)C)c(OC)c(C)c2c1C(=O)OC2. The van der Waals surface area contributed by atoms with Gasteiger partial charge in [0.1, 0.15) is 12.4 Å². The molecule has 0 unspecified atom stereocenters. The van der Waals surface area contributed by atoms with E-state index in [1.165, 1.54) is 7.05 Å². The van der Waals surface area contributed by atoms with Gasteiger partial charge in [0, 0.05) is 24.6 Å². The van der Waals surface area contributed by atoms with Crippen LogP contribution in [0, 0.1) is 6.92 Å². The summed E-state index contributed by atoms with van der Waals surface area (Å²) in [7, 11) is 3.05. The fraction of sp³-hybridized carbons (Fsp3) is 0.500. The smallest absolute Gasteiger partial charge is 0.341 e. The minimum atomic E-state index is -0.472. The van der Waals surface area contributed by atoms with Crippen molar-refractivity contribution in [3.63, 3.8) is 0 Å². The van der Waals surface area contributed by atoms with Crippen LogP contribution in [-0.2, 0) is 27.3 Å². The molecule has 8 heteroatoms. The number of cyclic esters (lactones) is 1. The highest BCUT2D eigenvalue weighted by Crippen LogP contribution is 2.41. The number of hydrogen-bond acceptors (Lipinski definition) is 6. The normalized spacial score (nSPS) is 13.0. The Morgan fingerprint density at radius 1 is 1.27 bits per heavy atom. The number of fused-ring (bicyclic) bond motifs is 1. The van der Waals surface area contributed by atoms with Gasteiger partial charge in [-0.1, -0.05) is 11.6 Å². The lowest BCUT2D eigenvalue weighted by atomic mass is 9.93. The molecule has 8 nitrogen and oxygen atoms in total. The summed E-state index contributed by atoms with van der Waals surface area (Å²) in [6.07, 6.45) is 3.07. The number of ether oxygens (including phenoxy) is 3. The second-order valence-electron chi connectivity index (χ2n) is 7.44. The first-order valence-electron chi connectivity index (χ1n) is 9.92. The summed E-state index contributed by atoms with van der Waals surface area (Å²) in [6.45, 7) is 7.57. The van der Waals surface area contributed by atoms with Crippen LogP contribution in [0.15, 0.2) is 11.6 Å². The fourth-order valence-electron chi connectivity index (χ4n) is 3.37. The third kappa shape index (κ3) is 5.31. The summed E-state index contributed by atoms with van der Waals surface area (Å²) in [5, 5.41) is 5.26. The average Bonchev–Trinajstić information content (AvgIpc) is 3.08. The number of amides is 2. The highest BCUT2D eigenvalue weighted by Gasteiger charge is 2.32. The molecule has 164 valence electrons. The monoisotopic (exact) mass is 418 g/mol. The molecule has 1 aliphatic rings. The largest absolute Gasteiger partial charge is 0.496 e. The molecule has 0 aromatic heterocycles. The molecule has 2 rings (SSSR count). The molecular weight excluding hydrogens is 388 g/mol. The Balaban J connectivity index is 2.37. The van der Waals surface area contributed by atoms with Crippen LogP contribution >= 0.6 is 0 Å². The van der Waals surface area contributed by atoms with Gasteiger partial charge in [0.15, 0.2) is 0 Å². The van der Waals surface area contributed by atoms with Crippen LogP contribution in [0.5, 0.6) is 5.75 Å². The highest BCUT2D eigenvalue weighted by molar-refractivity contribution is 6.05. The van der Waals surface area contributed by atoms with Crippen molar-refractivity contribution in [1.82, 2.24) is 5.32 Å². The molecular formula is C22H30N2O6. The second-order valence-corrected chi connectivity index (χ2v) is 7.44. The van der Waals surface area contributed by atoms with Gasteiger partial charge >= 0.3 is 18.0 Å². The number of esters is 2. The Labute approximate surface area is 176 Å². The zero-order valence-electron chi connectivity index (χ0n) is 18.4. The first-order valence-corrected chi connectivity index (χ1v) is 9.92. The molecule has 1 aromatic rings. The van der Waals surface area contributed by atoms with Gasteiger partial charge in [-0.05, 0) is 46.1 Å². The van der Waals surface area contributed by atoms with Crippen LogP contribution in [0.4, 0.5) is 10.5 Å². The molecule has 1 aromatic carbocycles. The second kappa shape index (κ2) is 10.1. The Hall–Kier alpha value is -3.03. The first kappa shape index (κ1) is 23.3. The quantitative estimate of drug-likeness (QED) is 0.493. The number of benzene rings is 1. The molecule has 0 radical (unpaired) electrons. The van der Waals surface area contributed by atoms with Crippen molar-refractivity contribution < 1.29 is 28.6 Å². The third-order valence-corrected chi connectivity index (χ3v) is 4.89. The molecule has 1 aliphatic heterocycles. The summed E-state index contributed by atoms with van der Waals surface area (Å²) < 4.78 is 16.0. The zero-order valence-corrected chi connectivity index (χ0v) is 18.4. The third-order valence-electron chi connectivity index (χ3n) is 4.89. The lowest BCUT2D eigenvalue weighted by molar-refractivity contribution is -0.147. The van der Waals surface area contributed by atoms with Crippen LogP contribution in [0.1, 0.15) is 60.7 Å². The lowest BCUT2D eigenvalue weighted by Gasteiger charge is -2.19. The molecule has 2 N–H and O–H groups in total. The van der Waals surface area contributed by atoms with Gasteiger partial charge < -0.3 is 24.8 Å². The number of rotatable bonds is 8. The first-order chi connectivity index (χ1) is 14.2. The minimum absolute atomic E-state index is 0.140. The van der Waals surface area contributed by atoms with Crippen LogP contribution in [0.3, 0.4) is 0 Å². The molecule has 0 saturated carbocycles. The van der Waals surface area contributed by atoms with Crippen molar-refractivity contribution in [2.24, 2.45) is 0 Å². The summed E-state index contributed by atoms with van der Waals surface area (Å²) in [5.41, 5.74) is 3.94. The van der Waals surface area contributed by atoms with E-state index >= 15 is 0 Å². The summed E-state index contributed by atoms with van der Waals surface area (Å²) >= 11 is 0. The van der Waals surface area contributed by atoms with E-state index in [2.05, 4.69) is 10.6 Å². The number of nitrogens with one attached hydrogen (secondary N) is 2. The predicted molar refractivity (Wildman–Crippen MR) is 113 cm³/mol. The molecule has 0 saturated heterocycles. The number of hydrogen-bond donors (Lipinski definition) is 2. The van der Waals surface area contributed by atoms with Crippen molar-refractivity contribution in [2.75, 3.05) is 19.5 Å². The van der Waals surface area contributed by atoms with Crippen LogP contribution < -0.4 is 15.4 Å². The molecule has 0 aliphatic carbocycles. The molecule has 30 heavy (non-hydrogen) atoms. The maximum Gasteiger partial charge on any atom is 0.341 e. The van der Waals surface area contributed by atoms with Crippen molar-refractivity contribution in [1.29, 1.82) is 0 Å². The Bertz CT molecular complexity index is 873. The predicted octanol–water partition coefficient (Wildman–Crippen LogP) is 3.65. The van der Waals surface area contributed by atoms with E-state index in [0.717, 1.165) is 11.1 Å². The highest BCUT2D eigenvalue weighted by atomic mass is 16.5. The van der Waals surface area contributed by atoms with Crippen molar-refractivity contribution >= 4 is 23.7 Å². The molecule has 0 bridgehead atoms. The zero-order chi connectivity index (χ0) is 22.4. The van der Waals surface area contributed by atoms with Crippen molar-refractivity contribution in [3.8, 4) is 5.75 Å². The number of methoxy groups -OCH3 is 1. The molecule has 0 fully saturated rings. The number of carbonyl (C=O) groups excluding carboxylic acids is 3. The molecule has 1 heterocycles. The Kier molecular flexibility index (Phi) is 7.86. The van der Waals surface area contributed by atoms with E-state index in [9.17, 15) is 14.4 Å². The number of allylic oxidation sites excluding steroid dienone is 2. The maximum absolute atomic E-state index is 12.4. The number of anilines is 1. The van der Waals surface area contributed by atoms with Crippen LogP contribution in [-0.4, -0.2) is 38.2 Å². The van der Waals surface area contributed by atoms with Gasteiger partial charge in [-0.25, -0.2) is 9.59 Å². The average molecular weight is 418 g/mol. The minimum Gasteiger partial charge on any atom is -0.496 e. The van der Waals surface area contributed by atoms with Crippen molar-refractivity contribution in [3.05, 3.63) is 33.9 Å². The van der Waals surface area contributed by atoms with Crippen LogP contribution in [0.2, 0.25) is 0 Å². The maximum atomic E-state index is 12.4. The standard InChI is InChI=1S/C22H30N2O6/c1-12(2)30-17(25)10-8-13(3)7-9-15-19(24-22(27)23-5)18-16(11-29-21(18)26)14(4)20(15)28-6/h7,12H,8-11H2,1-6H3,(H2,23,24,27)/b13-7+. The van der Waals surface area contributed by atoms with E-state index < -0.39 is 12.0 Å². The van der Waals surface area contributed by atoms with E-state index in [1.54, 1.807) is 7.11 Å².